The van der Waals surface area contributed by atoms with Crippen LogP contribution in [0.5, 0.6) is 0 Å². The summed E-state index contributed by atoms with van der Waals surface area (Å²) in [5, 5.41) is 9.94. The van der Waals surface area contributed by atoms with Crippen LogP contribution in [0.25, 0.3) is 0 Å². The second kappa shape index (κ2) is 7.38. The molecule has 25 heavy (non-hydrogen) atoms. The zero-order valence-electron chi connectivity index (χ0n) is 12.8. The average molecular weight is 403 g/mol. The number of nitro benzene ring substituents is 1. The number of hydrogen-bond acceptors (Lipinski definition) is 5. The molecule has 0 aliphatic heterocycles. The monoisotopic (exact) mass is 402 g/mol. The van der Waals surface area contributed by atoms with Crippen LogP contribution in [0.2, 0.25) is 5.02 Å². The van der Waals surface area contributed by atoms with Crippen LogP contribution in [0.1, 0.15) is 5.56 Å². The fourth-order valence-corrected chi connectivity index (χ4v) is 3.95. The summed E-state index contributed by atoms with van der Waals surface area (Å²) in [6, 6.07) is 9.19. The van der Waals surface area contributed by atoms with Crippen LogP contribution in [0.15, 0.2) is 47.4 Å². The van der Waals surface area contributed by atoms with E-state index in [1.54, 1.807) is 19.1 Å². The molecule has 0 atom stereocenters. The highest BCUT2D eigenvalue weighted by Crippen LogP contribution is 2.33. The molecule has 132 valence electrons. The lowest BCUT2D eigenvalue weighted by Gasteiger charge is -2.23. The molecule has 2 rings (SSSR count). The lowest BCUT2D eigenvalue weighted by atomic mass is 10.2. The summed E-state index contributed by atoms with van der Waals surface area (Å²) in [6.07, 6.45) is 0. The molecule has 0 N–H and O–H groups in total. The standard InChI is InChI=1S/C15H12Cl2N2O5S/c1-10-2-5-12(6-3-10)25(23,24)18(9-15(17)20)14-8-11(19(21)22)4-7-13(14)16/h2-8H,9H2,1H3. The van der Waals surface area contributed by atoms with Gasteiger partial charge in [0.05, 0.1) is 20.5 Å². The van der Waals surface area contributed by atoms with Crippen LogP contribution in [-0.4, -0.2) is 25.1 Å². The van der Waals surface area contributed by atoms with Crippen molar-refractivity contribution in [2.45, 2.75) is 11.8 Å². The van der Waals surface area contributed by atoms with Gasteiger partial charge in [0, 0.05) is 12.1 Å². The maximum atomic E-state index is 12.9. The Morgan fingerprint density at radius 2 is 1.80 bits per heavy atom. The van der Waals surface area contributed by atoms with Gasteiger partial charge in [0.25, 0.3) is 15.7 Å². The number of hydrogen-bond donors (Lipinski definition) is 0. The number of anilines is 1. The highest BCUT2D eigenvalue weighted by atomic mass is 35.5. The number of rotatable bonds is 6. The normalized spacial score (nSPS) is 11.2. The molecular weight excluding hydrogens is 391 g/mol. The van der Waals surface area contributed by atoms with Crippen molar-refractivity contribution < 1.29 is 18.1 Å². The van der Waals surface area contributed by atoms with Crippen LogP contribution in [0.3, 0.4) is 0 Å². The van der Waals surface area contributed by atoms with E-state index >= 15 is 0 Å². The van der Waals surface area contributed by atoms with Gasteiger partial charge in [-0.05, 0) is 36.7 Å². The summed E-state index contributed by atoms with van der Waals surface area (Å²) in [7, 11) is -4.21. The molecule has 7 nitrogen and oxygen atoms in total. The second-order valence-corrected chi connectivity index (χ2v) is 7.76. The fourth-order valence-electron chi connectivity index (χ4n) is 2.06. The molecule has 2 aromatic rings. The summed E-state index contributed by atoms with van der Waals surface area (Å²) in [5.74, 6) is 0. The summed E-state index contributed by atoms with van der Waals surface area (Å²) in [6.45, 7) is 1.06. The minimum absolute atomic E-state index is 0.0702. The highest BCUT2D eigenvalue weighted by molar-refractivity contribution is 7.92. The van der Waals surface area contributed by atoms with E-state index in [0.29, 0.717) is 4.31 Å². The third kappa shape index (κ3) is 4.28. The van der Waals surface area contributed by atoms with E-state index in [4.69, 9.17) is 23.2 Å². The first kappa shape index (κ1) is 19.2. The van der Waals surface area contributed by atoms with E-state index in [0.717, 1.165) is 17.7 Å². The summed E-state index contributed by atoms with van der Waals surface area (Å²) in [4.78, 5) is 21.5. The van der Waals surface area contributed by atoms with Gasteiger partial charge < -0.3 is 0 Å². The molecule has 0 amide bonds. The number of aryl methyl sites for hydroxylation is 1. The van der Waals surface area contributed by atoms with Crippen molar-refractivity contribution in [1.82, 2.24) is 0 Å². The van der Waals surface area contributed by atoms with E-state index in [-0.39, 0.29) is 21.3 Å². The topological polar surface area (TPSA) is 97.6 Å². The van der Waals surface area contributed by atoms with E-state index < -0.39 is 26.7 Å². The largest absolute Gasteiger partial charge is 0.279 e. The molecule has 0 aliphatic rings. The van der Waals surface area contributed by atoms with Gasteiger partial charge in [0.2, 0.25) is 5.24 Å². The van der Waals surface area contributed by atoms with Gasteiger partial charge in [0.1, 0.15) is 6.54 Å². The molecule has 0 saturated carbocycles. The van der Waals surface area contributed by atoms with Gasteiger partial charge in [-0.1, -0.05) is 29.3 Å². The van der Waals surface area contributed by atoms with Crippen molar-refractivity contribution in [2.24, 2.45) is 0 Å². The second-order valence-electron chi connectivity index (χ2n) is 5.07. The number of benzene rings is 2. The number of non-ortho nitro benzene ring substituents is 1. The van der Waals surface area contributed by atoms with Crippen molar-refractivity contribution in [2.75, 3.05) is 10.8 Å². The predicted octanol–water partition coefficient (Wildman–Crippen LogP) is 3.52. The Labute approximate surface area is 154 Å². The van der Waals surface area contributed by atoms with E-state index in [1.807, 2.05) is 0 Å². The van der Waals surface area contributed by atoms with Gasteiger partial charge in [-0.3, -0.25) is 19.2 Å². The maximum Gasteiger partial charge on any atom is 0.271 e. The third-order valence-corrected chi connectivity index (χ3v) is 5.50. The van der Waals surface area contributed by atoms with Crippen LogP contribution in [-0.2, 0) is 14.8 Å². The molecular formula is C15H12Cl2N2O5S. The molecule has 2 aromatic carbocycles. The Hall–Kier alpha value is -2.16. The number of nitro groups is 1. The minimum Gasteiger partial charge on any atom is -0.279 e. The first-order valence-electron chi connectivity index (χ1n) is 6.84. The lowest BCUT2D eigenvalue weighted by molar-refractivity contribution is -0.384. The number of carbonyl (C=O) groups excluding carboxylic acids is 1. The molecule has 0 aromatic heterocycles. The van der Waals surface area contributed by atoms with Gasteiger partial charge in [-0.15, -0.1) is 0 Å². The molecule has 0 bridgehead atoms. The van der Waals surface area contributed by atoms with E-state index in [9.17, 15) is 23.3 Å². The molecule has 10 heteroatoms. The first-order chi connectivity index (χ1) is 11.6. The molecule has 0 heterocycles. The molecule has 0 fully saturated rings. The first-order valence-corrected chi connectivity index (χ1v) is 9.04. The molecule has 0 saturated heterocycles. The number of sulfonamides is 1. The fraction of sp³-hybridized carbons (Fsp3) is 0.133. The van der Waals surface area contributed by atoms with Gasteiger partial charge in [-0.25, -0.2) is 8.42 Å². The van der Waals surface area contributed by atoms with Gasteiger partial charge in [-0.2, -0.15) is 0 Å². The Bertz CT molecular complexity index is 929. The zero-order chi connectivity index (χ0) is 18.8. The van der Waals surface area contributed by atoms with Crippen molar-refractivity contribution in [3.8, 4) is 0 Å². The van der Waals surface area contributed by atoms with Crippen LogP contribution >= 0.6 is 23.2 Å². The predicted molar refractivity (Wildman–Crippen MR) is 94.7 cm³/mol. The molecule has 0 unspecified atom stereocenters. The quantitative estimate of drug-likeness (QED) is 0.418. The Morgan fingerprint density at radius 3 is 2.32 bits per heavy atom. The van der Waals surface area contributed by atoms with Crippen LogP contribution < -0.4 is 4.31 Å². The van der Waals surface area contributed by atoms with Crippen molar-refractivity contribution in [3.63, 3.8) is 0 Å². The number of carbonyl (C=O) groups is 1. The molecule has 0 aliphatic carbocycles. The Balaban J connectivity index is 2.64. The van der Waals surface area contributed by atoms with Crippen molar-refractivity contribution in [3.05, 3.63) is 63.2 Å². The van der Waals surface area contributed by atoms with Crippen LogP contribution in [0.4, 0.5) is 11.4 Å². The summed E-state index contributed by atoms with van der Waals surface area (Å²) >= 11 is 11.4. The maximum absolute atomic E-state index is 12.9. The highest BCUT2D eigenvalue weighted by Gasteiger charge is 2.29. The number of nitrogens with zero attached hydrogens (tertiary/aromatic N) is 2. The lowest BCUT2D eigenvalue weighted by Crippen LogP contribution is -2.34. The summed E-state index contributed by atoms with van der Waals surface area (Å²) in [5.41, 5.74) is 0.267. The summed E-state index contributed by atoms with van der Waals surface area (Å²) < 4.78 is 26.5. The van der Waals surface area contributed by atoms with E-state index in [1.165, 1.54) is 18.2 Å². The van der Waals surface area contributed by atoms with Crippen molar-refractivity contribution in [1.29, 1.82) is 0 Å². The van der Waals surface area contributed by atoms with Crippen molar-refractivity contribution >= 4 is 49.8 Å². The van der Waals surface area contributed by atoms with E-state index in [2.05, 4.69) is 0 Å². The number of halogens is 2. The third-order valence-electron chi connectivity index (χ3n) is 3.29. The Kier molecular flexibility index (Phi) is 5.66. The molecule has 0 spiro atoms. The minimum atomic E-state index is -4.21. The zero-order valence-corrected chi connectivity index (χ0v) is 15.2. The molecule has 0 radical (unpaired) electrons. The SMILES string of the molecule is Cc1ccc(S(=O)(=O)N(CC(=O)Cl)c2cc([N+](=O)[O-])ccc2Cl)cc1. The average Bonchev–Trinajstić information content (AvgIpc) is 2.53. The Morgan fingerprint density at radius 1 is 1.20 bits per heavy atom. The van der Waals surface area contributed by atoms with Gasteiger partial charge >= 0.3 is 0 Å². The van der Waals surface area contributed by atoms with Crippen LogP contribution in [0, 0.1) is 17.0 Å². The van der Waals surface area contributed by atoms with Gasteiger partial charge in [0.15, 0.2) is 0 Å². The smallest absolute Gasteiger partial charge is 0.271 e.